The normalized spacial score (nSPS) is 14.0. The lowest BCUT2D eigenvalue weighted by Crippen LogP contribution is -2.37. The van der Waals surface area contributed by atoms with Crippen molar-refractivity contribution in [3.05, 3.63) is 51.8 Å². The third-order valence-corrected chi connectivity index (χ3v) is 4.61. The number of hydrogen-bond donors (Lipinski definition) is 0. The van der Waals surface area contributed by atoms with Gasteiger partial charge in [0.2, 0.25) is 0 Å². The van der Waals surface area contributed by atoms with Gasteiger partial charge < -0.3 is 9.47 Å². The van der Waals surface area contributed by atoms with Crippen molar-refractivity contribution < 1.29 is 14.3 Å². The van der Waals surface area contributed by atoms with E-state index in [1.807, 2.05) is 0 Å². The fraction of sp³-hybridized carbons (Fsp3) is 0.211. The summed E-state index contributed by atoms with van der Waals surface area (Å²) in [4.78, 5) is 18.0. The number of carbonyl (C=O) groups is 1. The van der Waals surface area contributed by atoms with Crippen molar-refractivity contribution in [1.29, 1.82) is 0 Å². The molecule has 0 amide bonds. The Kier molecular flexibility index (Phi) is 5.85. The summed E-state index contributed by atoms with van der Waals surface area (Å²) in [6.07, 6.45) is 6.70. The number of benzene rings is 1. The van der Waals surface area contributed by atoms with Crippen LogP contribution in [0, 0.1) is 12.3 Å². The summed E-state index contributed by atoms with van der Waals surface area (Å²) in [6.45, 7) is 2.14. The summed E-state index contributed by atoms with van der Waals surface area (Å²) in [7, 11) is 0. The molecule has 0 N–H and O–H groups in total. The summed E-state index contributed by atoms with van der Waals surface area (Å²) in [6, 6.07) is 6.64. The highest BCUT2D eigenvalue weighted by molar-refractivity contribution is 7.80. The van der Waals surface area contributed by atoms with Crippen molar-refractivity contribution in [3.8, 4) is 18.1 Å². The molecular weight excluding hydrogens is 407 g/mol. The highest BCUT2D eigenvalue weighted by Gasteiger charge is 2.26. The first-order valence-electron chi connectivity index (χ1n) is 7.96. The lowest BCUT2D eigenvalue weighted by Gasteiger charge is -2.30. The molecular formula is C19H14Cl2N2O3S. The van der Waals surface area contributed by atoms with Crippen LogP contribution in [0.1, 0.15) is 29.4 Å². The Morgan fingerprint density at radius 3 is 2.93 bits per heavy atom. The van der Waals surface area contributed by atoms with Gasteiger partial charge in [0.05, 0.1) is 23.5 Å². The molecule has 2 heterocycles. The quantitative estimate of drug-likeness (QED) is 0.407. The zero-order valence-electron chi connectivity index (χ0n) is 14.2. The van der Waals surface area contributed by atoms with Gasteiger partial charge in [-0.2, -0.15) is 0 Å². The van der Waals surface area contributed by atoms with Crippen LogP contribution in [0.5, 0.6) is 5.75 Å². The van der Waals surface area contributed by atoms with Crippen molar-refractivity contribution >= 4 is 52.3 Å². The molecule has 1 aromatic carbocycles. The summed E-state index contributed by atoms with van der Waals surface area (Å²) in [5.74, 6) is 2.41. The third-order valence-electron chi connectivity index (χ3n) is 3.81. The number of rotatable bonds is 4. The highest BCUT2D eigenvalue weighted by Crippen LogP contribution is 2.37. The molecule has 27 heavy (non-hydrogen) atoms. The highest BCUT2D eigenvalue weighted by atomic mass is 35.5. The molecule has 8 heteroatoms. The smallest absolute Gasteiger partial charge is 0.357 e. The maximum Gasteiger partial charge on any atom is 0.357 e. The zero-order valence-corrected chi connectivity index (χ0v) is 16.6. The predicted molar refractivity (Wildman–Crippen MR) is 108 cm³/mol. The van der Waals surface area contributed by atoms with E-state index in [-0.39, 0.29) is 17.0 Å². The van der Waals surface area contributed by atoms with Crippen LogP contribution in [0.3, 0.4) is 0 Å². The maximum atomic E-state index is 12.1. The van der Waals surface area contributed by atoms with Crippen molar-refractivity contribution in [3.63, 3.8) is 0 Å². The number of esters is 1. The van der Waals surface area contributed by atoms with Crippen molar-refractivity contribution in [2.75, 3.05) is 4.90 Å². The summed E-state index contributed by atoms with van der Waals surface area (Å²) in [5.41, 5.74) is 1.64. The van der Waals surface area contributed by atoms with Crippen LogP contribution in [0.4, 0.5) is 5.69 Å². The number of ether oxygens (including phenoxy) is 2. The molecule has 138 valence electrons. The molecule has 1 aromatic heterocycles. The molecule has 1 aliphatic heterocycles. The van der Waals surface area contributed by atoms with Gasteiger partial charge in [0, 0.05) is 17.0 Å². The van der Waals surface area contributed by atoms with E-state index in [1.165, 1.54) is 6.20 Å². The molecule has 0 bridgehead atoms. The van der Waals surface area contributed by atoms with Crippen LogP contribution in [0.15, 0.2) is 30.5 Å². The van der Waals surface area contributed by atoms with Crippen LogP contribution in [0.2, 0.25) is 10.0 Å². The minimum Gasteiger partial charge on any atom is -0.457 e. The number of carbonyl (C=O) groups excluding carboxylic acids is 1. The topological polar surface area (TPSA) is 51.7 Å². The first kappa shape index (κ1) is 19.4. The van der Waals surface area contributed by atoms with E-state index in [9.17, 15) is 4.79 Å². The lowest BCUT2D eigenvalue weighted by atomic mass is 10.1. The molecule has 5 nitrogen and oxygen atoms in total. The second-order valence-electron chi connectivity index (χ2n) is 5.86. The van der Waals surface area contributed by atoms with Gasteiger partial charge in [-0.05, 0) is 43.4 Å². The van der Waals surface area contributed by atoms with Gasteiger partial charge in [-0.25, -0.2) is 9.78 Å². The van der Waals surface area contributed by atoms with Crippen LogP contribution in [-0.2, 0) is 11.3 Å². The predicted octanol–water partition coefficient (Wildman–Crippen LogP) is 4.64. The zero-order chi connectivity index (χ0) is 19.6. The Morgan fingerprint density at radius 1 is 1.48 bits per heavy atom. The number of aromatic nitrogens is 1. The number of nitrogens with zero attached hydrogens (tertiary/aromatic N) is 2. The standard InChI is InChI=1S/C19H14Cl2N2O3S/c1-3-4-11(2)25-18(24)16-6-5-14(9-22-16)23-10-12-7-13(20)8-15(21)17(12)26-19(23)27/h1,5-9,11H,4,10H2,2H3. The van der Waals surface area contributed by atoms with Gasteiger partial charge in [0.1, 0.15) is 11.8 Å². The van der Waals surface area contributed by atoms with E-state index in [0.29, 0.717) is 34.4 Å². The summed E-state index contributed by atoms with van der Waals surface area (Å²) < 4.78 is 10.9. The van der Waals surface area contributed by atoms with Crippen molar-refractivity contribution in [2.24, 2.45) is 0 Å². The fourth-order valence-corrected chi connectivity index (χ4v) is 3.36. The van der Waals surface area contributed by atoms with Crippen LogP contribution >= 0.6 is 35.4 Å². The summed E-state index contributed by atoms with van der Waals surface area (Å²) >= 11 is 17.5. The third kappa shape index (κ3) is 4.33. The molecule has 0 saturated heterocycles. The van der Waals surface area contributed by atoms with E-state index in [1.54, 1.807) is 36.1 Å². The first-order valence-corrected chi connectivity index (χ1v) is 9.13. The van der Waals surface area contributed by atoms with Gasteiger partial charge in [0.15, 0.2) is 5.75 Å². The minimum atomic E-state index is -0.536. The minimum absolute atomic E-state index is 0.179. The largest absolute Gasteiger partial charge is 0.457 e. The molecule has 0 spiro atoms. The molecule has 2 aromatic rings. The Labute approximate surface area is 172 Å². The summed E-state index contributed by atoms with van der Waals surface area (Å²) in [5, 5.41) is 1.13. The molecule has 0 fully saturated rings. The molecule has 1 aliphatic rings. The molecule has 0 radical (unpaired) electrons. The van der Waals surface area contributed by atoms with Crippen molar-refractivity contribution in [1.82, 2.24) is 4.98 Å². The Bertz CT molecular complexity index is 941. The average molecular weight is 421 g/mol. The SMILES string of the molecule is C#CCC(C)OC(=O)c1ccc(N2Cc3cc(Cl)cc(Cl)c3OC2=S)cn1. The molecule has 3 rings (SSSR count). The molecule has 0 saturated carbocycles. The van der Waals surface area contributed by atoms with Gasteiger partial charge in [-0.1, -0.05) is 23.2 Å². The number of pyridine rings is 1. The van der Waals surface area contributed by atoms with Gasteiger partial charge in [-0.3, -0.25) is 4.90 Å². The van der Waals surface area contributed by atoms with E-state index < -0.39 is 5.97 Å². The number of fused-ring (bicyclic) bond motifs is 1. The van der Waals surface area contributed by atoms with Gasteiger partial charge in [-0.15, -0.1) is 12.3 Å². The van der Waals surface area contributed by atoms with Gasteiger partial charge >= 0.3 is 5.97 Å². The van der Waals surface area contributed by atoms with Crippen LogP contribution in [-0.4, -0.2) is 22.2 Å². The van der Waals surface area contributed by atoms with Crippen molar-refractivity contribution in [2.45, 2.75) is 26.0 Å². The number of halogens is 2. The van der Waals surface area contributed by atoms with E-state index >= 15 is 0 Å². The Morgan fingerprint density at radius 2 is 2.26 bits per heavy atom. The lowest BCUT2D eigenvalue weighted by molar-refractivity contribution is 0.0345. The molecule has 1 atom stereocenters. The number of thiocarbonyl (C=S) groups is 1. The Hall–Kier alpha value is -2.33. The first-order chi connectivity index (χ1) is 12.9. The number of terminal acetylenes is 1. The number of hydrogen-bond acceptors (Lipinski definition) is 5. The van der Waals surface area contributed by atoms with E-state index in [2.05, 4.69) is 10.9 Å². The van der Waals surface area contributed by atoms with E-state index in [4.69, 9.17) is 51.3 Å². The second kappa shape index (κ2) is 8.13. The molecule has 1 unspecified atom stereocenters. The van der Waals surface area contributed by atoms with Gasteiger partial charge in [0.25, 0.3) is 5.17 Å². The second-order valence-corrected chi connectivity index (χ2v) is 7.05. The van der Waals surface area contributed by atoms with Crippen LogP contribution in [0.25, 0.3) is 0 Å². The fourth-order valence-electron chi connectivity index (χ4n) is 2.54. The maximum absolute atomic E-state index is 12.1. The molecule has 0 aliphatic carbocycles. The van der Waals surface area contributed by atoms with Crippen LogP contribution < -0.4 is 9.64 Å². The monoisotopic (exact) mass is 420 g/mol. The Balaban J connectivity index is 1.78. The number of anilines is 1. The average Bonchev–Trinajstić information content (AvgIpc) is 2.62. The van der Waals surface area contributed by atoms with E-state index in [0.717, 1.165) is 5.56 Å².